The van der Waals surface area contributed by atoms with Crippen molar-refractivity contribution in [2.24, 2.45) is 5.92 Å². The highest BCUT2D eigenvalue weighted by atomic mass is 35.5. The summed E-state index contributed by atoms with van der Waals surface area (Å²) >= 11 is 5.65. The number of aromatic nitrogens is 1. The van der Waals surface area contributed by atoms with Crippen LogP contribution in [0.2, 0.25) is 5.15 Å². The topological polar surface area (TPSA) is 50.3 Å². The molecule has 0 bridgehead atoms. The van der Waals surface area contributed by atoms with Crippen molar-refractivity contribution < 1.29 is 8.42 Å². The maximum Gasteiger partial charge on any atom is 0.244 e. The first-order valence-corrected chi connectivity index (χ1v) is 7.47. The van der Waals surface area contributed by atoms with Crippen LogP contribution in [0, 0.1) is 5.92 Å². The van der Waals surface area contributed by atoms with Crippen LogP contribution in [0.4, 0.5) is 0 Å². The Labute approximate surface area is 107 Å². The molecule has 0 aromatic carbocycles. The summed E-state index contributed by atoms with van der Waals surface area (Å²) in [4.78, 5) is 4.04. The Hall–Kier alpha value is -0.650. The molecule has 6 heteroatoms. The summed E-state index contributed by atoms with van der Waals surface area (Å²) < 4.78 is 26.0. The molecular formula is C11H15ClN2O2S. The molecule has 0 aliphatic carbocycles. The van der Waals surface area contributed by atoms with E-state index < -0.39 is 10.0 Å². The van der Waals surface area contributed by atoms with Crippen LogP contribution in [-0.4, -0.2) is 30.8 Å². The Morgan fingerprint density at radius 2 is 2.29 bits per heavy atom. The van der Waals surface area contributed by atoms with E-state index in [2.05, 4.69) is 11.9 Å². The smallest absolute Gasteiger partial charge is 0.243 e. The first-order chi connectivity index (χ1) is 8.04. The van der Waals surface area contributed by atoms with Gasteiger partial charge in [0.25, 0.3) is 0 Å². The lowest BCUT2D eigenvalue weighted by Gasteiger charge is -2.16. The maximum atomic E-state index is 12.3. The highest BCUT2D eigenvalue weighted by molar-refractivity contribution is 7.89. The van der Waals surface area contributed by atoms with Crippen LogP contribution in [0.5, 0.6) is 0 Å². The van der Waals surface area contributed by atoms with Gasteiger partial charge in [-0.3, -0.25) is 0 Å². The molecule has 1 aliphatic heterocycles. The Morgan fingerprint density at radius 1 is 1.53 bits per heavy atom. The Balaban J connectivity index is 2.22. The average Bonchev–Trinajstić information content (AvgIpc) is 2.78. The highest BCUT2D eigenvalue weighted by Gasteiger charge is 2.31. The molecule has 0 radical (unpaired) electrons. The van der Waals surface area contributed by atoms with Crippen molar-refractivity contribution in [3.63, 3.8) is 0 Å². The fourth-order valence-electron chi connectivity index (χ4n) is 2.01. The second kappa shape index (κ2) is 4.92. The lowest BCUT2D eigenvalue weighted by atomic mass is 10.1. The van der Waals surface area contributed by atoms with E-state index in [4.69, 9.17) is 11.6 Å². The molecule has 4 nitrogen and oxygen atoms in total. The third-order valence-corrected chi connectivity index (χ3v) is 5.24. The molecule has 1 unspecified atom stereocenters. The lowest BCUT2D eigenvalue weighted by molar-refractivity contribution is 0.452. The van der Waals surface area contributed by atoms with Crippen molar-refractivity contribution >= 4 is 21.6 Å². The molecule has 0 saturated carbocycles. The molecule has 2 rings (SSSR count). The molecule has 1 aromatic heterocycles. The fourth-order valence-corrected chi connectivity index (χ4v) is 3.60. The van der Waals surface area contributed by atoms with Gasteiger partial charge in [0.2, 0.25) is 10.0 Å². The summed E-state index contributed by atoms with van der Waals surface area (Å²) in [5, 5.41) is 0.303. The summed E-state index contributed by atoms with van der Waals surface area (Å²) in [6.45, 7) is 3.30. The molecule has 1 saturated heterocycles. The SMILES string of the molecule is CCC1CCN(S(=O)(=O)c2ccc(Cl)nc2)C1. The number of rotatable bonds is 3. The van der Waals surface area contributed by atoms with Crippen LogP contribution in [0.25, 0.3) is 0 Å². The monoisotopic (exact) mass is 274 g/mol. The van der Waals surface area contributed by atoms with Crippen molar-refractivity contribution in [3.8, 4) is 0 Å². The van der Waals surface area contributed by atoms with Gasteiger partial charge >= 0.3 is 0 Å². The number of pyridine rings is 1. The number of nitrogens with zero attached hydrogens (tertiary/aromatic N) is 2. The first-order valence-electron chi connectivity index (χ1n) is 5.65. The van der Waals surface area contributed by atoms with E-state index in [0.29, 0.717) is 24.2 Å². The molecule has 0 amide bonds. The van der Waals surface area contributed by atoms with Gasteiger partial charge in [-0.15, -0.1) is 0 Å². The fraction of sp³-hybridized carbons (Fsp3) is 0.545. The van der Waals surface area contributed by atoms with Crippen molar-refractivity contribution in [2.75, 3.05) is 13.1 Å². The molecule has 94 valence electrons. The standard InChI is InChI=1S/C11H15ClN2O2S/c1-2-9-5-6-14(8-9)17(15,16)10-3-4-11(12)13-7-10/h3-4,7,9H,2,5-6,8H2,1H3. The minimum Gasteiger partial charge on any atom is -0.243 e. The predicted molar refractivity (Wildman–Crippen MR) is 66.4 cm³/mol. The zero-order valence-corrected chi connectivity index (χ0v) is 11.2. The van der Waals surface area contributed by atoms with Crippen molar-refractivity contribution in [3.05, 3.63) is 23.5 Å². The molecule has 1 atom stereocenters. The van der Waals surface area contributed by atoms with Crippen LogP contribution in [-0.2, 0) is 10.0 Å². The van der Waals surface area contributed by atoms with E-state index in [0.717, 1.165) is 12.8 Å². The van der Waals surface area contributed by atoms with Gasteiger partial charge in [-0.05, 0) is 24.5 Å². The summed E-state index contributed by atoms with van der Waals surface area (Å²) in [7, 11) is -3.39. The van der Waals surface area contributed by atoms with E-state index in [1.165, 1.54) is 22.6 Å². The Kier molecular flexibility index (Phi) is 3.70. The lowest BCUT2D eigenvalue weighted by Crippen LogP contribution is -2.28. The third kappa shape index (κ3) is 2.61. The van der Waals surface area contributed by atoms with Gasteiger partial charge in [-0.25, -0.2) is 13.4 Å². The van der Waals surface area contributed by atoms with Crippen LogP contribution < -0.4 is 0 Å². The quantitative estimate of drug-likeness (QED) is 0.794. The molecule has 2 heterocycles. The molecular weight excluding hydrogens is 260 g/mol. The summed E-state index contributed by atoms with van der Waals surface area (Å²) in [6.07, 6.45) is 3.28. The van der Waals surface area contributed by atoms with Gasteiger partial charge in [0, 0.05) is 19.3 Å². The Bertz CT molecular complexity index is 487. The zero-order valence-electron chi connectivity index (χ0n) is 9.63. The van der Waals surface area contributed by atoms with E-state index in [1.807, 2.05) is 0 Å². The van der Waals surface area contributed by atoms with Gasteiger partial charge in [0.15, 0.2) is 0 Å². The maximum absolute atomic E-state index is 12.3. The third-order valence-electron chi connectivity index (χ3n) is 3.16. The number of hydrogen-bond acceptors (Lipinski definition) is 3. The minimum atomic E-state index is -3.39. The number of hydrogen-bond donors (Lipinski definition) is 0. The largest absolute Gasteiger partial charge is 0.244 e. The van der Waals surface area contributed by atoms with E-state index in [9.17, 15) is 8.42 Å². The molecule has 1 aromatic rings. The Morgan fingerprint density at radius 3 is 2.82 bits per heavy atom. The van der Waals surface area contributed by atoms with Crippen molar-refractivity contribution in [1.82, 2.24) is 9.29 Å². The normalized spacial score (nSPS) is 21.9. The number of halogens is 1. The van der Waals surface area contributed by atoms with Crippen LogP contribution in [0.1, 0.15) is 19.8 Å². The molecule has 1 aliphatic rings. The van der Waals surface area contributed by atoms with Crippen LogP contribution in [0.15, 0.2) is 23.2 Å². The van der Waals surface area contributed by atoms with Crippen LogP contribution in [0.3, 0.4) is 0 Å². The van der Waals surface area contributed by atoms with E-state index in [1.54, 1.807) is 0 Å². The zero-order chi connectivity index (χ0) is 12.5. The van der Waals surface area contributed by atoms with Crippen molar-refractivity contribution in [2.45, 2.75) is 24.7 Å². The predicted octanol–water partition coefficient (Wildman–Crippen LogP) is 2.16. The van der Waals surface area contributed by atoms with Gasteiger partial charge < -0.3 is 0 Å². The second-order valence-electron chi connectivity index (χ2n) is 4.24. The second-order valence-corrected chi connectivity index (χ2v) is 6.57. The molecule has 17 heavy (non-hydrogen) atoms. The average molecular weight is 275 g/mol. The number of sulfonamides is 1. The summed E-state index contributed by atoms with van der Waals surface area (Å²) in [6, 6.07) is 3.01. The summed E-state index contributed by atoms with van der Waals surface area (Å²) in [5.74, 6) is 0.477. The van der Waals surface area contributed by atoms with Gasteiger partial charge in [0.1, 0.15) is 10.0 Å². The molecule has 0 N–H and O–H groups in total. The van der Waals surface area contributed by atoms with Gasteiger partial charge in [0.05, 0.1) is 0 Å². The summed E-state index contributed by atoms with van der Waals surface area (Å²) in [5.41, 5.74) is 0. The first kappa shape index (κ1) is 12.8. The van der Waals surface area contributed by atoms with Gasteiger partial charge in [-0.1, -0.05) is 24.9 Å². The molecule has 0 spiro atoms. The minimum absolute atomic E-state index is 0.221. The van der Waals surface area contributed by atoms with E-state index in [-0.39, 0.29) is 4.90 Å². The van der Waals surface area contributed by atoms with Gasteiger partial charge in [-0.2, -0.15) is 4.31 Å². The highest BCUT2D eigenvalue weighted by Crippen LogP contribution is 2.25. The van der Waals surface area contributed by atoms with Crippen molar-refractivity contribution in [1.29, 1.82) is 0 Å². The van der Waals surface area contributed by atoms with Crippen LogP contribution >= 0.6 is 11.6 Å². The van der Waals surface area contributed by atoms with E-state index >= 15 is 0 Å². The molecule has 1 fully saturated rings.